The van der Waals surface area contributed by atoms with Gasteiger partial charge in [0.15, 0.2) is 0 Å². The number of benzene rings is 1. The van der Waals surface area contributed by atoms with Crippen molar-refractivity contribution in [3.63, 3.8) is 0 Å². The quantitative estimate of drug-likeness (QED) is 0.601. The average molecular weight is 382 g/mol. The van der Waals surface area contributed by atoms with Crippen LogP contribution in [-0.2, 0) is 0 Å². The predicted molar refractivity (Wildman–Crippen MR) is 109 cm³/mol. The lowest BCUT2D eigenvalue weighted by Crippen LogP contribution is -2.19. The van der Waals surface area contributed by atoms with Crippen molar-refractivity contribution in [1.29, 1.82) is 0 Å². The first-order valence-corrected chi connectivity index (χ1v) is 10.5. The molecule has 3 N–H and O–H groups in total. The molecule has 1 aromatic carbocycles. The zero-order valence-electron chi connectivity index (χ0n) is 15.1. The van der Waals surface area contributed by atoms with Gasteiger partial charge in [0, 0.05) is 24.9 Å². The van der Waals surface area contributed by atoms with Crippen LogP contribution in [0.1, 0.15) is 32.1 Å². The van der Waals surface area contributed by atoms with Crippen LogP contribution in [0, 0.1) is 5.92 Å². The number of aromatic nitrogens is 3. The first-order valence-electron chi connectivity index (χ1n) is 9.65. The summed E-state index contributed by atoms with van der Waals surface area (Å²) in [5, 5.41) is 17.4. The molecule has 6 nitrogen and oxygen atoms in total. The van der Waals surface area contributed by atoms with Gasteiger partial charge in [-0.3, -0.25) is 0 Å². The van der Waals surface area contributed by atoms with E-state index in [2.05, 4.69) is 21.7 Å². The molecule has 140 valence electrons. The number of aliphatic hydroxyl groups is 1. The average Bonchev–Trinajstić information content (AvgIpc) is 3.21. The van der Waals surface area contributed by atoms with E-state index in [4.69, 9.17) is 9.97 Å². The highest BCUT2D eigenvalue weighted by Gasteiger charge is 2.27. The molecule has 2 saturated carbocycles. The number of fused-ring (bicyclic) bond motifs is 1. The fraction of sp³-hybridized carbons (Fsp3) is 0.450. The molecule has 2 aliphatic carbocycles. The summed E-state index contributed by atoms with van der Waals surface area (Å²) in [7, 11) is 0. The van der Waals surface area contributed by atoms with Gasteiger partial charge in [0.25, 0.3) is 0 Å². The minimum Gasteiger partial charge on any atom is -0.396 e. The molecule has 2 atom stereocenters. The topological polar surface area (TPSA) is 83.0 Å². The van der Waals surface area contributed by atoms with E-state index in [0.29, 0.717) is 23.9 Å². The molecular weight excluding hydrogens is 358 g/mol. The summed E-state index contributed by atoms with van der Waals surface area (Å²) >= 11 is 1.67. The highest BCUT2D eigenvalue weighted by atomic mass is 32.1. The van der Waals surface area contributed by atoms with Crippen LogP contribution >= 0.6 is 11.3 Å². The summed E-state index contributed by atoms with van der Waals surface area (Å²) in [5.74, 6) is 1.91. The van der Waals surface area contributed by atoms with Crippen molar-refractivity contribution in [1.82, 2.24) is 15.0 Å². The Hall–Kier alpha value is -2.25. The number of hydrogen-bond donors (Lipinski definition) is 3. The molecule has 2 heterocycles. The van der Waals surface area contributed by atoms with Crippen LogP contribution < -0.4 is 10.6 Å². The van der Waals surface area contributed by atoms with Gasteiger partial charge in [0.1, 0.15) is 10.8 Å². The summed E-state index contributed by atoms with van der Waals surface area (Å²) in [6.07, 6.45) is 7.35. The second-order valence-electron chi connectivity index (χ2n) is 7.56. The van der Waals surface area contributed by atoms with Gasteiger partial charge in [-0.1, -0.05) is 12.1 Å². The van der Waals surface area contributed by atoms with E-state index < -0.39 is 0 Å². The molecular formula is C20H23N5OS. The standard InChI is InChI=1S/C20H23N5OS/c26-11-12-5-6-14(9-12)22-18-15(10-21-20(25-18)23-13-7-8-13)19-24-16-3-1-2-4-17(16)27-19/h1-4,10,12-14,26H,5-9,11H2,(H2,21,22,23,25). The highest BCUT2D eigenvalue weighted by Crippen LogP contribution is 2.36. The van der Waals surface area contributed by atoms with Crippen molar-refractivity contribution in [2.24, 2.45) is 5.92 Å². The molecule has 0 amide bonds. The van der Waals surface area contributed by atoms with Crippen molar-refractivity contribution in [2.75, 3.05) is 17.2 Å². The third kappa shape index (κ3) is 3.61. The van der Waals surface area contributed by atoms with Crippen LogP contribution in [0.3, 0.4) is 0 Å². The number of anilines is 2. The molecule has 7 heteroatoms. The molecule has 0 radical (unpaired) electrons. The lowest BCUT2D eigenvalue weighted by Gasteiger charge is -2.16. The number of aliphatic hydroxyl groups excluding tert-OH is 1. The van der Waals surface area contributed by atoms with E-state index in [0.717, 1.165) is 41.2 Å². The minimum absolute atomic E-state index is 0.265. The van der Waals surface area contributed by atoms with Gasteiger partial charge in [-0.05, 0) is 50.2 Å². The molecule has 0 spiro atoms. The van der Waals surface area contributed by atoms with Crippen molar-refractivity contribution >= 4 is 33.3 Å². The molecule has 2 fully saturated rings. The Balaban J connectivity index is 1.48. The van der Waals surface area contributed by atoms with Crippen molar-refractivity contribution in [2.45, 2.75) is 44.2 Å². The summed E-state index contributed by atoms with van der Waals surface area (Å²) in [6, 6.07) is 9.02. The Bertz CT molecular complexity index is 921. The van der Waals surface area contributed by atoms with Crippen molar-refractivity contribution in [3.05, 3.63) is 30.5 Å². The van der Waals surface area contributed by atoms with Crippen LogP contribution in [0.25, 0.3) is 20.8 Å². The first-order chi connectivity index (χ1) is 13.3. The molecule has 2 aliphatic rings. The summed E-state index contributed by atoms with van der Waals surface area (Å²) in [6.45, 7) is 0.265. The Morgan fingerprint density at radius 2 is 1.89 bits per heavy atom. The molecule has 0 aliphatic heterocycles. The van der Waals surface area contributed by atoms with Gasteiger partial charge in [-0.2, -0.15) is 4.98 Å². The lowest BCUT2D eigenvalue weighted by molar-refractivity contribution is 0.229. The second-order valence-corrected chi connectivity index (χ2v) is 8.59. The second kappa shape index (κ2) is 7.05. The molecule has 3 aromatic rings. The number of nitrogens with zero attached hydrogens (tertiary/aromatic N) is 3. The van der Waals surface area contributed by atoms with Gasteiger partial charge < -0.3 is 15.7 Å². The van der Waals surface area contributed by atoms with Crippen LogP contribution in [0.15, 0.2) is 30.5 Å². The van der Waals surface area contributed by atoms with Crippen LogP contribution in [0.5, 0.6) is 0 Å². The van der Waals surface area contributed by atoms with Gasteiger partial charge >= 0.3 is 0 Å². The van der Waals surface area contributed by atoms with E-state index in [1.54, 1.807) is 11.3 Å². The predicted octanol–water partition coefficient (Wildman–Crippen LogP) is 3.90. The smallest absolute Gasteiger partial charge is 0.224 e. The third-order valence-corrected chi connectivity index (χ3v) is 6.43. The molecule has 0 saturated heterocycles. The summed E-state index contributed by atoms with van der Waals surface area (Å²) in [4.78, 5) is 14.1. The van der Waals surface area contributed by atoms with Crippen LogP contribution in [-0.4, -0.2) is 38.7 Å². The maximum Gasteiger partial charge on any atom is 0.224 e. The number of nitrogens with one attached hydrogen (secondary N) is 2. The normalized spacial score (nSPS) is 22.3. The molecule has 0 bridgehead atoms. The summed E-state index contributed by atoms with van der Waals surface area (Å²) in [5.41, 5.74) is 1.95. The number of para-hydroxylation sites is 1. The van der Waals surface area contributed by atoms with Crippen LogP contribution in [0.2, 0.25) is 0 Å². The monoisotopic (exact) mass is 381 g/mol. The maximum absolute atomic E-state index is 9.44. The van der Waals surface area contributed by atoms with Crippen LogP contribution in [0.4, 0.5) is 11.8 Å². The highest BCUT2D eigenvalue weighted by molar-refractivity contribution is 7.21. The van der Waals surface area contributed by atoms with E-state index in [1.807, 2.05) is 24.4 Å². The fourth-order valence-electron chi connectivity index (χ4n) is 3.68. The molecule has 2 aromatic heterocycles. The Labute approximate surface area is 162 Å². The van der Waals surface area contributed by atoms with E-state index in [-0.39, 0.29) is 6.61 Å². The Morgan fingerprint density at radius 3 is 2.67 bits per heavy atom. The molecule has 2 unspecified atom stereocenters. The van der Waals surface area contributed by atoms with Gasteiger partial charge in [-0.25, -0.2) is 9.97 Å². The number of thiazole rings is 1. The Morgan fingerprint density at radius 1 is 1.04 bits per heavy atom. The molecule has 5 rings (SSSR count). The third-order valence-electron chi connectivity index (χ3n) is 5.36. The minimum atomic E-state index is 0.265. The van der Waals surface area contributed by atoms with Crippen molar-refractivity contribution < 1.29 is 5.11 Å². The number of hydrogen-bond acceptors (Lipinski definition) is 7. The van der Waals surface area contributed by atoms with E-state index in [1.165, 1.54) is 17.5 Å². The molecule has 27 heavy (non-hydrogen) atoms. The number of rotatable bonds is 6. The van der Waals surface area contributed by atoms with E-state index in [9.17, 15) is 5.11 Å². The van der Waals surface area contributed by atoms with Gasteiger partial charge in [-0.15, -0.1) is 11.3 Å². The SMILES string of the molecule is OCC1CCC(Nc2nc(NC3CC3)ncc2-c2nc3ccccc3s2)C1. The largest absolute Gasteiger partial charge is 0.396 e. The maximum atomic E-state index is 9.44. The van der Waals surface area contributed by atoms with Gasteiger partial charge in [0.2, 0.25) is 5.95 Å². The lowest BCUT2D eigenvalue weighted by atomic mass is 10.1. The van der Waals surface area contributed by atoms with Crippen molar-refractivity contribution in [3.8, 4) is 10.6 Å². The summed E-state index contributed by atoms with van der Waals surface area (Å²) < 4.78 is 1.17. The first kappa shape index (κ1) is 16.9. The zero-order valence-corrected chi connectivity index (χ0v) is 15.9. The van der Waals surface area contributed by atoms with Gasteiger partial charge in [0.05, 0.1) is 15.8 Å². The zero-order chi connectivity index (χ0) is 18.2. The Kier molecular flexibility index (Phi) is 4.41. The fourth-order valence-corrected chi connectivity index (χ4v) is 4.66. The van der Waals surface area contributed by atoms with E-state index >= 15 is 0 Å².